The van der Waals surface area contributed by atoms with E-state index in [1.807, 2.05) is 35.8 Å². The van der Waals surface area contributed by atoms with Crippen molar-refractivity contribution < 1.29 is 13.3 Å². The van der Waals surface area contributed by atoms with E-state index in [2.05, 4.69) is 4.57 Å². The number of sulfonamides is 1. The van der Waals surface area contributed by atoms with Crippen molar-refractivity contribution in [2.75, 3.05) is 6.54 Å². The van der Waals surface area contributed by atoms with Crippen molar-refractivity contribution in [3.05, 3.63) is 80.8 Å². The van der Waals surface area contributed by atoms with Gasteiger partial charge in [0.15, 0.2) is 0 Å². The maximum atomic E-state index is 13.3. The van der Waals surface area contributed by atoms with E-state index in [-0.39, 0.29) is 10.6 Å². The molecule has 0 fully saturated rings. The smallest absolute Gasteiger partial charge is 0.269 e. The SMILES string of the molecule is O=[N+]([O-])c1ccc(S(=O)(=O)N2CCn3cccc3C2c2cccs2)cc1. The Morgan fingerprint density at radius 3 is 2.50 bits per heavy atom. The fourth-order valence-corrected chi connectivity index (χ4v) is 5.72. The zero-order chi connectivity index (χ0) is 18.3. The molecule has 0 bridgehead atoms. The van der Waals surface area contributed by atoms with Gasteiger partial charge in [0, 0.05) is 42.0 Å². The van der Waals surface area contributed by atoms with Gasteiger partial charge in [-0.15, -0.1) is 11.3 Å². The largest absolute Gasteiger partial charge is 0.348 e. The summed E-state index contributed by atoms with van der Waals surface area (Å²) >= 11 is 1.51. The molecule has 0 spiro atoms. The van der Waals surface area contributed by atoms with E-state index in [0.29, 0.717) is 13.1 Å². The van der Waals surface area contributed by atoms with Crippen LogP contribution in [-0.2, 0) is 16.6 Å². The van der Waals surface area contributed by atoms with Gasteiger partial charge in [-0.2, -0.15) is 4.31 Å². The van der Waals surface area contributed by atoms with Gasteiger partial charge in [-0.05, 0) is 35.7 Å². The average Bonchev–Trinajstić information content (AvgIpc) is 3.32. The first-order valence-electron chi connectivity index (χ1n) is 7.93. The van der Waals surface area contributed by atoms with Crippen molar-refractivity contribution in [3.8, 4) is 0 Å². The number of thiophene rings is 1. The van der Waals surface area contributed by atoms with Gasteiger partial charge in [0.05, 0.1) is 15.9 Å². The zero-order valence-corrected chi connectivity index (χ0v) is 15.2. The highest BCUT2D eigenvalue weighted by Crippen LogP contribution is 2.38. The summed E-state index contributed by atoms with van der Waals surface area (Å²) in [6.07, 6.45) is 1.95. The standard InChI is InChI=1S/C17H15N3O4S2/c21-20(22)13-5-7-14(8-6-13)26(23,24)19-11-10-18-9-1-3-15(18)17(19)16-4-2-12-25-16/h1-9,12,17H,10-11H2. The Labute approximate surface area is 154 Å². The predicted octanol–water partition coefficient (Wildman–Crippen LogP) is 3.25. The molecule has 0 N–H and O–H groups in total. The van der Waals surface area contributed by atoms with Gasteiger partial charge in [-0.25, -0.2) is 8.42 Å². The van der Waals surface area contributed by atoms with Crippen LogP contribution in [0.2, 0.25) is 0 Å². The fraction of sp³-hybridized carbons (Fsp3) is 0.176. The van der Waals surface area contributed by atoms with Crippen molar-refractivity contribution in [1.29, 1.82) is 0 Å². The quantitative estimate of drug-likeness (QED) is 0.506. The van der Waals surface area contributed by atoms with Gasteiger partial charge in [0.2, 0.25) is 10.0 Å². The number of hydrogen-bond donors (Lipinski definition) is 0. The summed E-state index contributed by atoms with van der Waals surface area (Å²) in [6.45, 7) is 0.903. The molecule has 0 radical (unpaired) electrons. The molecule has 1 aliphatic heterocycles. The normalized spacial score (nSPS) is 17.8. The molecule has 0 saturated heterocycles. The molecule has 1 unspecified atom stereocenters. The number of hydrogen-bond acceptors (Lipinski definition) is 5. The lowest BCUT2D eigenvalue weighted by Crippen LogP contribution is -2.42. The molecule has 0 amide bonds. The summed E-state index contributed by atoms with van der Waals surface area (Å²) in [5.41, 5.74) is 0.787. The van der Waals surface area contributed by atoms with Crippen LogP contribution in [0.3, 0.4) is 0 Å². The van der Waals surface area contributed by atoms with Crippen LogP contribution >= 0.6 is 11.3 Å². The van der Waals surface area contributed by atoms with Crippen LogP contribution in [0.25, 0.3) is 0 Å². The van der Waals surface area contributed by atoms with Gasteiger partial charge in [-0.1, -0.05) is 6.07 Å². The lowest BCUT2D eigenvalue weighted by atomic mass is 10.1. The first kappa shape index (κ1) is 17.0. The van der Waals surface area contributed by atoms with Crippen molar-refractivity contribution in [2.24, 2.45) is 0 Å². The maximum Gasteiger partial charge on any atom is 0.269 e. The van der Waals surface area contributed by atoms with Crippen LogP contribution in [0.15, 0.2) is 65.0 Å². The first-order chi connectivity index (χ1) is 12.5. The summed E-state index contributed by atoms with van der Waals surface area (Å²) < 4.78 is 30.1. The van der Waals surface area contributed by atoms with E-state index >= 15 is 0 Å². The van der Waals surface area contributed by atoms with E-state index < -0.39 is 21.0 Å². The summed E-state index contributed by atoms with van der Waals surface area (Å²) in [4.78, 5) is 11.3. The van der Waals surface area contributed by atoms with Gasteiger partial charge in [-0.3, -0.25) is 10.1 Å². The number of nitro benzene ring substituents is 1. The Balaban J connectivity index is 1.78. The van der Waals surface area contributed by atoms with Crippen molar-refractivity contribution in [2.45, 2.75) is 17.5 Å². The second kappa shape index (κ2) is 6.35. The van der Waals surface area contributed by atoms with E-state index in [1.54, 1.807) is 0 Å². The highest BCUT2D eigenvalue weighted by molar-refractivity contribution is 7.89. The third-order valence-electron chi connectivity index (χ3n) is 4.46. The molecule has 7 nitrogen and oxygen atoms in total. The molecule has 4 rings (SSSR count). The van der Waals surface area contributed by atoms with Crippen molar-refractivity contribution >= 4 is 27.0 Å². The van der Waals surface area contributed by atoms with Crippen LogP contribution < -0.4 is 0 Å². The number of rotatable bonds is 4. The van der Waals surface area contributed by atoms with Gasteiger partial charge < -0.3 is 4.57 Å². The number of aromatic nitrogens is 1. The molecular formula is C17H15N3O4S2. The highest BCUT2D eigenvalue weighted by atomic mass is 32.2. The topological polar surface area (TPSA) is 85.4 Å². The van der Waals surface area contributed by atoms with E-state index in [9.17, 15) is 18.5 Å². The fourth-order valence-electron chi connectivity index (χ4n) is 3.23. The number of fused-ring (bicyclic) bond motifs is 1. The summed E-state index contributed by atoms with van der Waals surface area (Å²) in [7, 11) is -3.80. The molecule has 3 aromatic rings. The lowest BCUT2D eigenvalue weighted by Gasteiger charge is -2.35. The van der Waals surface area contributed by atoms with E-state index in [4.69, 9.17) is 0 Å². The number of benzene rings is 1. The van der Waals surface area contributed by atoms with Crippen LogP contribution in [0.5, 0.6) is 0 Å². The molecule has 1 atom stereocenters. The molecule has 134 valence electrons. The Bertz CT molecular complexity index is 1040. The zero-order valence-electron chi connectivity index (χ0n) is 13.6. The minimum absolute atomic E-state index is 0.0599. The highest BCUT2D eigenvalue weighted by Gasteiger charge is 2.38. The minimum atomic E-state index is -3.80. The summed E-state index contributed by atoms with van der Waals surface area (Å²) in [5, 5.41) is 12.7. The van der Waals surface area contributed by atoms with E-state index in [0.717, 1.165) is 10.6 Å². The molecule has 0 aliphatic carbocycles. The van der Waals surface area contributed by atoms with E-state index in [1.165, 1.54) is 39.9 Å². The third kappa shape index (κ3) is 2.74. The van der Waals surface area contributed by atoms with Gasteiger partial charge in [0.25, 0.3) is 5.69 Å². The Morgan fingerprint density at radius 1 is 1.08 bits per heavy atom. The second-order valence-corrected chi connectivity index (χ2v) is 8.78. The molecule has 9 heteroatoms. The Hall–Kier alpha value is -2.49. The molecule has 1 aromatic carbocycles. The van der Waals surface area contributed by atoms with Crippen LogP contribution in [-0.4, -0.2) is 28.8 Å². The monoisotopic (exact) mass is 389 g/mol. The number of nitro groups is 1. The average molecular weight is 389 g/mol. The summed E-state index contributed by atoms with van der Waals surface area (Å²) in [5.74, 6) is 0. The van der Waals surface area contributed by atoms with Crippen LogP contribution in [0.1, 0.15) is 16.6 Å². The molecular weight excluding hydrogens is 374 g/mol. The first-order valence-corrected chi connectivity index (χ1v) is 10.3. The minimum Gasteiger partial charge on any atom is -0.348 e. The van der Waals surface area contributed by atoms with Crippen LogP contribution in [0, 0.1) is 10.1 Å². The molecule has 1 aliphatic rings. The van der Waals surface area contributed by atoms with Crippen LogP contribution in [0.4, 0.5) is 5.69 Å². The third-order valence-corrected chi connectivity index (χ3v) is 7.26. The lowest BCUT2D eigenvalue weighted by molar-refractivity contribution is -0.384. The Morgan fingerprint density at radius 2 is 1.85 bits per heavy atom. The maximum absolute atomic E-state index is 13.3. The Kier molecular flexibility index (Phi) is 4.14. The van der Waals surface area contributed by atoms with Crippen molar-refractivity contribution in [1.82, 2.24) is 8.87 Å². The molecule has 0 saturated carbocycles. The van der Waals surface area contributed by atoms with Gasteiger partial charge >= 0.3 is 0 Å². The number of nitrogens with zero attached hydrogens (tertiary/aromatic N) is 3. The summed E-state index contributed by atoms with van der Waals surface area (Å²) in [6, 6.07) is 12.3. The predicted molar refractivity (Wildman–Crippen MR) is 97.6 cm³/mol. The molecule has 3 heterocycles. The molecule has 26 heavy (non-hydrogen) atoms. The number of non-ortho nitro benzene ring substituents is 1. The van der Waals surface area contributed by atoms with Gasteiger partial charge in [0.1, 0.15) is 0 Å². The second-order valence-electron chi connectivity index (χ2n) is 5.91. The van der Waals surface area contributed by atoms with Crippen molar-refractivity contribution in [3.63, 3.8) is 0 Å². The molecule has 2 aromatic heterocycles.